The van der Waals surface area contributed by atoms with Crippen molar-refractivity contribution in [2.45, 2.75) is 24.5 Å². The van der Waals surface area contributed by atoms with Crippen molar-refractivity contribution in [3.05, 3.63) is 78.0 Å². The Morgan fingerprint density at radius 1 is 1.17 bits per heavy atom. The number of aliphatic imine (C=N–C) groups is 1. The van der Waals surface area contributed by atoms with Gasteiger partial charge in [-0.3, -0.25) is 9.69 Å². The minimum Gasteiger partial charge on any atom is -0.481 e. The van der Waals surface area contributed by atoms with Gasteiger partial charge in [-0.1, -0.05) is 48.2 Å². The molecule has 0 amide bonds. The zero-order chi connectivity index (χ0) is 21.1. The van der Waals surface area contributed by atoms with Gasteiger partial charge in [-0.25, -0.2) is 9.98 Å². The van der Waals surface area contributed by atoms with Gasteiger partial charge in [0, 0.05) is 23.4 Å². The number of amidine groups is 1. The number of rotatable bonds is 5. The first-order chi connectivity index (χ1) is 14.5. The molecule has 152 valence electrons. The summed E-state index contributed by atoms with van der Waals surface area (Å²) >= 11 is 1.13. The lowest BCUT2D eigenvalue weighted by atomic mass is 9.98. The topological polar surface area (TPSA) is 86.0 Å². The van der Waals surface area contributed by atoms with E-state index >= 15 is 0 Å². The number of benzene rings is 2. The molecule has 2 aromatic carbocycles. The van der Waals surface area contributed by atoms with E-state index in [0.717, 1.165) is 34.5 Å². The van der Waals surface area contributed by atoms with E-state index in [1.165, 1.54) is 0 Å². The van der Waals surface area contributed by atoms with Crippen molar-refractivity contribution >= 4 is 40.6 Å². The molecule has 0 saturated carbocycles. The number of aromatic nitrogens is 1. The van der Waals surface area contributed by atoms with Crippen LogP contribution >= 0.6 is 11.8 Å². The quantitative estimate of drug-likeness (QED) is 0.574. The van der Waals surface area contributed by atoms with Crippen molar-refractivity contribution in [1.82, 2.24) is 4.98 Å². The van der Waals surface area contributed by atoms with Gasteiger partial charge >= 0.3 is 5.97 Å². The van der Waals surface area contributed by atoms with Crippen LogP contribution in [0.1, 0.15) is 23.8 Å². The number of nitrogens with zero attached hydrogens (tertiary/aromatic N) is 3. The van der Waals surface area contributed by atoms with Gasteiger partial charge in [0.05, 0.1) is 23.2 Å². The molecule has 1 atom stereocenters. The summed E-state index contributed by atoms with van der Waals surface area (Å²) < 4.78 is 0. The highest BCUT2D eigenvalue weighted by Crippen LogP contribution is 2.44. The molecule has 1 aromatic heterocycles. The summed E-state index contributed by atoms with van der Waals surface area (Å²) in [5.41, 5.74) is 3.88. The normalized spacial score (nSPS) is 17.1. The number of para-hydroxylation sites is 2. The fourth-order valence-corrected chi connectivity index (χ4v) is 4.36. The SMILES string of the molecule is Cc1cc2c(c(SCC(=O)O)n1)C(O)CC(=Nc1ccccc1)N2c1ccccc1. The van der Waals surface area contributed by atoms with E-state index in [1.807, 2.05) is 78.6 Å². The lowest BCUT2D eigenvalue weighted by Crippen LogP contribution is -2.33. The minimum atomic E-state index is -0.923. The number of carbonyl (C=O) groups is 1. The van der Waals surface area contributed by atoms with Gasteiger partial charge in [0.2, 0.25) is 0 Å². The van der Waals surface area contributed by atoms with E-state index < -0.39 is 12.1 Å². The van der Waals surface area contributed by atoms with E-state index in [9.17, 15) is 9.90 Å². The van der Waals surface area contributed by atoms with Crippen LogP contribution < -0.4 is 4.90 Å². The van der Waals surface area contributed by atoms with Crippen LogP contribution in [-0.2, 0) is 4.79 Å². The first-order valence-corrected chi connectivity index (χ1v) is 10.5. The van der Waals surface area contributed by atoms with Crippen molar-refractivity contribution in [3.8, 4) is 0 Å². The highest BCUT2D eigenvalue weighted by atomic mass is 32.2. The van der Waals surface area contributed by atoms with E-state index in [4.69, 9.17) is 10.1 Å². The number of thioether (sulfide) groups is 1. The molecule has 1 aliphatic rings. The Balaban J connectivity index is 1.89. The number of carboxylic acids is 1. The van der Waals surface area contributed by atoms with Gasteiger partial charge in [-0.2, -0.15) is 0 Å². The average Bonchev–Trinajstić information content (AvgIpc) is 2.73. The Bertz CT molecular complexity index is 1090. The largest absolute Gasteiger partial charge is 0.481 e. The number of hydrogen-bond acceptors (Lipinski definition) is 5. The molecule has 0 spiro atoms. The molecule has 0 fully saturated rings. The summed E-state index contributed by atoms with van der Waals surface area (Å²) in [7, 11) is 0. The third-order valence-corrected chi connectivity index (χ3v) is 5.68. The van der Waals surface area contributed by atoms with Crippen LogP contribution in [0.4, 0.5) is 17.1 Å². The van der Waals surface area contributed by atoms with Gasteiger partial charge in [0.15, 0.2) is 0 Å². The Labute approximate surface area is 178 Å². The van der Waals surface area contributed by atoms with Crippen LogP contribution in [0.15, 0.2) is 76.7 Å². The van der Waals surface area contributed by atoms with Gasteiger partial charge in [0.25, 0.3) is 0 Å². The predicted octanol–water partition coefficient (Wildman–Crippen LogP) is 4.87. The monoisotopic (exact) mass is 419 g/mol. The second kappa shape index (κ2) is 8.69. The second-order valence-electron chi connectivity index (χ2n) is 6.94. The highest BCUT2D eigenvalue weighted by Gasteiger charge is 2.33. The van der Waals surface area contributed by atoms with Crippen molar-refractivity contribution in [3.63, 3.8) is 0 Å². The van der Waals surface area contributed by atoms with Gasteiger partial charge in [-0.05, 0) is 37.3 Å². The number of hydrogen-bond donors (Lipinski definition) is 2. The molecule has 1 aliphatic heterocycles. The Morgan fingerprint density at radius 3 is 2.50 bits per heavy atom. The van der Waals surface area contributed by atoms with Crippen molar-refractivity contribution in [2.75, 3.05) is 10.7 Å². The third-order valence-electron chi connectivity index (χ3n) is 4.70. The van der Waals surface area contributed by atoms with Crippen LogP contribution in [0, 0.1) is 6.92 Å². The van der Waals surface area contributed by atoms with Crippen molar-refractivity contribution in [2.24, 2.45) is 4.99 Å². The summed E-state index contributed by atoms with van der Waals surface area (Å²) in [4.78, 5) is 22.5. The smallest absolute Gasteiger partial charge is 0.313 e. The molecule has 30 heavy (non-hydrogen) atoms. The van der Waals surface area contributed by atoms with E-state index in [-0.39, 0.29) is 5.75 Å². The fraction of sp³-hybridized carbons (Fsp3) is 0.174. The number of aryl methyl sites for hydroxylation is 1. The van der Waals surface area contributed by atoms with Crippen LogP contribution in [0.3, 0.4) is 0 Å². The molecule has 0 bridgehead atoms. The van der Waals surface area contributed by atoms with Gasteiger partial charge in [-0.15, -0.1) is 0 Å². The molecular weight excluding hydrogens is 398 g/mol. The first-order valence-electron chi connectivity index (χ1n) is 9.55. The number of aliphatic hydroxyl groups is 1. The molecule has 0 saturated heterocycles. The number of aliphatic hydroxyl groups excluding tert-OH is 1. The predicted molar refractivity (Wildman–Crippen MR) is 119 cm³/mol. The summed E-state index contributed by atoms with van der Waals surface area (Å²) in [6.07, 6.45) is -0.533. The molecule has 0 aliphatic carbocycles. The maximum Gasteiger partial charge on any atom is 0.313 e. The highest BCUT2D eigenvalue weighted by molar-refractivity contribution is 7.99. The fourth-order valence-electron chi connectivity index (χ4n) is 3.49. The average molecular weight is 420 g/mol. The van der Waals surface area contributed by atoms with Crippen LogP contribution in [0.5, 0.6) is 0 Å². The molecule has 4 rings (SSSR count). The van der Waals surface area contributed by atoms with E-state index in [2.05, 4.69) is 4.98 Å². The van der Waals surface area contributed by atoms with Gasteiger partial charge in [0.1, 0.15) is 10.9 Å². The molecule has 2 heterocycles. The summed E-state index contributed by atoms with van der Waals surface area (Å²) in [5.74, 6) is -0.327. The van der Waals surface area contributed by atoms with Crippen molar-refractivity contribution in [1.29, 1.82) is 0 Å². The summed E-state index contributed by atoms with van der Waals surface area (Å²) in [6, 6.07) is 21.4. The molecule has 0 radical (unpaired) electrons. The number of pyridine rings is 1. The zero-order valence-corrected chi connectivity index (χ0v) is 17.2. The summed E-state index contributed by atoms with van der Waals surface area (Å²) in [6.45, 7) is 1.86. The molecule has 6 nitrogen and oxygen atoms in total. The Hall–Kier alpha value is -3.16. The van der Waals surface area contributed by atoms with Crippen LogP contribution in [-0.4, -0.2) is 32.8 Å². The minimum absolute atomic E-state index is 0.119. The summed E-state index contributed by atoms with van der Waals surface area (Å²) in [5, 5.41) is 20.7. The van der Waals surface area contributed by atoms with Crippen LogP contribution in [0.2, 0.25) is 0 Å². The number of anilines is 2. The third kappa shape index (κ3) is 4.22. The first kappa shape index (κ1) is 20.1. The lowest BCUT2D eigenvalue weighted by molar-refractivity contribution is -0.133. The number of fused-ring (bicyclic) bond motifs is 1. The lowest BCUT2D eigenvalue weighted by Gasteiger charge is -2.36. The van der Waals surface area contributed by atoms with Gasteiger partial charge < -0.3 is 10.2 Å². The number of carboxylic acid groups (broad SMARTS) is 1. The molecular formula is C23H21N3O3S. The van der Waals surface area contributed by atoms with Crippen molar-refractivity contribution < 1.29 is 15.0 Å². The zero-order valence-electron chi connectivity index (χ0n) is 16.4. The van der Waals surface area contributed by atoms with Crippen LogP contribution in [0.25, 0.3) is 0 Å². The standard InChI is InChI=1S/C23H21N3O3S/c1-15-12-18-22(23(24-15)30-14-21(28)29)19(27)13-20(25-16-8-4-2-5-9-16)26(18)17-10-6-3-7-11-17/h2-12,19,27H,13-14H2,1H3,(H,28,29). The molecule has 7 heteroatoms. The molecule has 1 unspecified atom stereocenters. The van der Waals surface area contributed by atoms with E-state index in [1.54, 1.807) is 0 Å². The molecule has 2 N–H and O–H groups in total. The van der Waals surface area contributed by atoms with E-state index in [0.29, 0.717) is 22.8 Å². The number of aliphatic carboxylic acids is 1. The Kier molecular flexibility index (Phi) is 5.83. The Morgan fingerprint density at radius 2 is 1.83 bits per heavy atom. The maximum absolute atomic E-state index is 11.1. The maximum atomic E-state index is 11.1. The molecule has 3 aromatic rings. The second-order valence-corrected chi connectivity index (χ2v) is 7.90.